The highest BCUT2D eigenvalue weighted by atomic mass is 16.5. The second-order valence-corrected chi connectivity index (χ2v) is 7.83. The molecule has 0 bridgehead atoms. The molecule has 0 radical (unpaired) electrons. The first-order chi connectivity index (χ1) is 12.5. The fourth-order valence-corrected chi connectivity index (χ4v) is 4.59. The number of aromatic nitrogens is 2. The Bertz CT molecular complexity index is 693. The van der Waals surface area contributed by atoms with Gasteiger partial charge in [-0.3, -0.25) is 14.7 Å². The smallest absolute Gasteiger partial charge is 0.274 e. The number of nitrogens with one attached hydrogen (secondary N) is 1. The summed E-state index contributed by atoms with van der Waals surface area (Å²) >= 11 is 0. The Balaban J connectivity index is 1.42. The van der Waals surface area contributed by atoms with Crippen molar-refractivity contribution in [2.45, 2.75) is 70.6 Å². The molecule has 4 rings (SSSR count). The molecule has 1 N–H and O–H groups in total. The number of hydrogen-bond donors (Lipinski definition) is 1. The van der Waals surface area contributed by atoms with E-state index in [4.69, 9.17) is 4.74 Å². The van der Waals surface area contributed by atoms with Crippen LogP contribution in [0.1, 0.15) is 73.8 Å². The summed E-state index contributed by atoms with van der Waals surface area (Å²) < 4.78 is 5.81. The minimum absolute atomic E-state index is 0.00669. The SMILES string of the molecule is C[C@@H]1Cc2c(C(=O)N3CCC(N4CCCCC4=O)CC3)n[nH]c2[C@H](C)O1. The van der Waals surface area contributed by atoms with Crippen molar-refractivity contribution in [1.29, 1.82) is 0 Å². The number of aromatic amines is 1. The standard InChI is InChI=1S/C19H28N4O3/c1-12-11-15-17(13(2)26-12)20-21-18(15)19(25)22-9-6-14(7-10-22)23-8-4-3-5-16(23)24/h12-14H,3-11H2,1-2H3,(H,20,21)/t12-,13+/m1/s1. The van der Waals surface area contributed by atoms with Gasteiger partial charge in [0.15, 0.2) is 5.69 Å². The number of hydrogen-bond acceptors (Lipinski definition) is 4. The summed E-state index contributed by atoms with van der Waals surface area (Å²) in [6.45, 7) is 6.27. The second kappa shape index (κ2) is 7.02. The molecule has 0 aliphatic carbocycles. The normalized spacial score (nSPS) is 27.5. The summed E-state index contributed by atoms with van der Waals surface area (Å²) in [7, 11) is 0. The first kappa shape index (κ1) is 17.5. The molecule has 3 aliphatic heterocycles. The second-order valence-electron chi connectivity index (χ2n) is 7.83. The van der Waals surface area contributed by atoms with Gasteiger partial charge in [0.1, 0.15) is 0 Å². The number of ether oxygens (including phenoxy) is 1. The third kappa shape index (κ3) is 3.13. The highest BCUT2D eigenvalue weighted by molar-refractivity contribution is 5.94. The molecule has 1 aromatic heterocycles. The largest absolute Gasteiger partial charge is 0.369 e. The Labute approximate surface area is 154 Å². The molecule has 2 fully saturated rings. The molecular formula is C19H28N4O3. The van der Waals surface area contributed by atoms with E-state index in [1.165, 1.54) is 0 Å². The Morgan fingerprint density at radius 2 is 1.96 bits per heavy atom. The lowest BCUT2D eigenvalue weighted by Gasteiger charge is -2.40. The van der Waals surface area contributed by atoms with Crippen LogP contribution in [0.4, 0.5) is 0 Å². The van der Waals surface area contributed by atoms with Crippen molar-refractivity contribution in [3.63, 3.8) is 0 Å². The van der Waals surface area contributed by atoms with Crippen molar-refractivity contribution in [1.82, 2.24) is 20.0 Å². The van der Waals surface area contributed by atoms with E-state index in [0.717, 1.165) is 49.9 Å². The van der Waals surface area contributed by atoms with E-state index in [1.54, 1.807) is 0 Å². The minimum atomic E-state index is -0.0568. The quantitative estimate of drug-likeness (QED) is 0.875. The maximum atomic E-state index is 13.0. The molecule has 0 aromatic carbocycles. The van der Waals surface area contributed by atoms with Crippen molar-refractivity contribution < 1.29 is 14.3 Å². The van der Waals surface area contributed by atoms with E-state index in [9.17, 15) is 9.59 Å². The van der Waals surface area contributed by atoms with Crippen LogP contribution in [-0.4, -0.2) is 63.6 Å². The number of H-pyrrole nitrogens is 1. The van der Waals surface area contributed by atoms with Gasteiger partial charge >= 0.3 is 0 Å². The van der Waals surface area contributed by atoms with Crippen LogP contribution in [0.15, 0.2) is 0 Å². The van der Waals surface area contributed by atoms with Crippen molar-refractivity contribution in [2.75, 3.05) is 19.6 Å². The van der Waals surface area contributed by atoms with E-state index in [-0.39, 0.29) is 30.1 Å². The maximum absolute atomic E-state index is 13.0. The van der Waals surface area contributed by atoms with Crippen molar-refractivity contribution in [2.24, 2.45) is 0 Å². The summed E-state index contributed by atoms with van der Waals surface area (Å²) in [5.41, 5.74) is 2.49. The van der Waals surface area contributed by atoms with E-state index in [1.807, 2.05) is 23.6 Å². The molecule has 1 aromatic rings. The summed E-state index contributed by atoms with van der Waals surface area (Å²) in [4.78, 5) is 29.1. The summed E-state index contributed by atoms with van der Waals surface area (Å²) in [6, 6.07) is 0.286. The van der Waals surface area contributed by atoms with Crippen LogP contribution in [0.3, 0.4) is 0 Å². The number of fused-ring (bicyclic) bond motifs is 1. The van der Waals surface area contributed by atoms with Gasteiger partial charge in [0.25, 0.3) is 5.91 Å². The number of amides is 2. The molecule has 2 atom stereocenters. The van der Waals surface area contributed by atoms with Crippen LogP contribution in [0.2, 0.25) is 0 Å². The molecule has 7 heteroatoms. The number of piperidine rings is 2. The van der Waals surface area contributed by atoms with Crippen LogP contribution < -0.4 is 0 Å². The van der Waals surface area contributed by atoms with Gasteiger partial charge in [-0.2, -0.15) is 5.10 Å². The fraction of sp³-hybridized carbons (Fsp3) is 0.737. The number of carbonyl (C=O) groups excluding carboxylic acids is 2. The predicted octanol–water partition coefficient (Wildman–Crippen LogP) is 2.05. The molecule has 4 heterocycles. The zero-order valence-corrected chi connectivity index (χ0v) is 15.7. The average molecular weight is 360 g/mol. The molecule has 3 aliphatic rings. The van der Waals surface area contributed by atoms with E-state index < -0.39 is 0 Å². The Kier molecular flexibility index (Phi) is 4.73. The van der Waals surface area contributed by atoms with Gasteiger partial charge in [0, 0.05) is 44.1 Å². The highest BCUT2D eigenvalue weighted by Gasteiger charge is 2.34. The minimum Gasteiger partial charge on any atom is -0.369 e. The molecule has 26 heavy (non-hydrogen) atoms. The van der Waals surface area contributed by atoms with Gasteiger partial charge in [-0.25, -0.2) is 0 Å². The third-order valence-corrected chi connectivity index (χ3v) is 5.99. The number of likely N-dealkylation sites (tertiary alicyclic amines) is 2. The Morgan fingerprint density at radius 3 is 2.69 bits per heavy atom. The van der Waals surface area contributed by atoms with E-state index in [0.29, 0.717) is 25.2 Å². The van der Waals surface area contributed by atoms with Crippen molar-refractivity contribution in [3.05, 3.63) is 17.0 Å². The molecule has 0 spiro atoms. The average Bonchev–Trinajstić information content (AvgIpc) is 3.06. The monoisotopic (exact) mass is 360 g/mol. The lowest BCUT2D eigenvalue weighted by Crippen LogP contribution is -2.50. The molecule has 142 valence electrons. The molecule has 0 saturated carbocycles. The molecule has 2 saturated heterocycles. The number of nitrogens with zero attached hydrogens (tertiary/aromatic N) is 3. The van der Waals surface area contributed by atoms with Crippen LogP contribution in [-0.2, 0) is 16.0 Å². The lowest BCUT2D eigenvalue weighted by atomic mass is 9.97. The predicted molar refractivity (Wildman–Crippen MR) is 95.7 cm³/mol. The summed E-state index contributed by atoms with van der Waals surface area (Å²) in [6.07, 6.45) is 5.27. The van der Waals surface area contributed by atoms with Gasteiger partial charge in [-0.1, -0.05) is 0 Å². The molecule has 2 amide bonds. The molecule has 0 unspecified atom stereocenters. The van der Waals surface area contributed by atoms with Gasteiger partial charge in [-0.15, -0.1) is 0 Å². The summed E-state index contributed by atoms with van der Waals surface area (Å²) in [5.74, 6) is 0.289. The van der Waals surface area contributed by atoms with Crippen LogP contribution in [0, 0.1) is 0 Å². The molecular weight excluding hydrogens is 332 g/mol. The molecule has 7 nitrogen and oxygen atoms in total. The van der Waals surface area contributed by atoms with Crippen LogP contribution >= 0.6 is 0 Å². The van der Waals surface area contributed by atoms with Gasteiger partial charge in [0.05, 0.1) is 17.9 Å². The van der Waals surface area contributed by atoms with Gasteiger partial charge in [-0.05, 0) is 39.5 Å². The van der Waals surface area contributed by atoms with E-state index >= 15 is 0 Å². The first-order valence-corrected chi connectivity index (χ1v) is 9.86. The fourth-order valence-electron chi connectivity index (χ4n) is 4.59. The van der Waals surface area contributed by atoms with Crippen molar-refractivity contribution >= 4 is 11.8 Å². The van der Waals surface area contributed by atoms with Crippen LogP contribution in [0.5, 0.6) is 0 Å². The van der Waals surface area contributed by atoms with Gasteiger partial charge in [0.2, 0.25) is 5.91 Å². The summed E-state index contributed by atoms with van der Waals surface area (Å²) in [5, 5.41) is 7.33. The number of rotatable bonds is 2. The Hall–Kier alpha value is -1.89. The third-order valence-electron chi connectivity index (χ3n) is 5.99. The highest BCUT2D eigenvalue weighted by Crippen LogP contribution is 2.31. The zero-order valence-electron chi connectivity index (χ0n) is 15.7. The van der Waals surface area contributed by atoms with Gasteiger partial charge < -0.3 is 14.5 Å². The lowest BCUT2D eigenvalue weighted by molar-refractivity contribution is -0.136. The van der Waals surface area contributed by atoms with Crippen LogP contribution in [0.25, 0.3) is 0 Å². The maximum Gasteiger partial charge on any atom is 0.274 e. The van der Waals surface area contributed by atoms with E-state index in [2.05, 4.69) is 10.2 Å². The van der Waals surface area contributed by atoms with Crippen molar-refractivity contribution in [3.8, 4) is 0 Å². The Morgan fingerprint density at radius 1 is 1.19 bits per heavy atom. The first-order valence-electron chi connectivity index (χ1n) is 9.86. The topological polar surface area (TPSA) is 78.5 Å². The zero-order chi connectivity index (χ0) is 18.3. The number of carbonyl (C=O) groups is 2.